The number of nitrogens with zero attached hydrogens (tertiary/aromatic N) is 4. The number of sulfone groups is 1. The molecular weight excluding hydrogens is 466 g/mol. The first kappa shape index (κ1) is 24.4. The molecule has 1 aromatic carbocycles. The number of amides is 1. The van der Waals surface area contributed by atoms with Crippen molar-refractivity contribution >= 4 is 37.9 Å². The molecule has 0 spiro atoms. The molecule has 0 unspecified atom stereocenters. The summed E-state index contributed by atoms with van der Waals surface area (Å²) in [7, 11) is -1.95. The zero-order valence-corrected chi connectivity index (χ0v) is 19.7. The van der Waals surface area contributed by atoms with Gasteiger partial charge in [-0.1, -0.05) is 17.3 Å². The second-order valence-electron chi connectivity index (χ2n) is 6.80. The number of carbonyl (C=O) groups is 1. The molecule has 1 amide bonds. The molecule has 2 aromatic heterocycles. The second-order valence-corrected chi connectivity index (χ2v) is 10.1. The zero-order valence-electron chi connectivity index (χ0n) is 18.1. The molecule has 3 aromatic rings. The zero-order chi connectivity index (χ0) is 23.7. The summed E-state index contributed by atoms with van der Waals surface area (Å²) in [5.74, 6) is -0.186. The summed E-state index contributed by atoms with van der Waals surface area (Å²) in [6, 6.07) is 7.57. The van der Waals surface area contributed by atoms with Crippen LogP contribution in [0.3, 0.4) is 0 Å². The molecule has 12 heteroatoms. The van der Waals surface area contributed by atoms with E-state index in [0.29, 0.717) is 29.5 Å². The summed E-state index contributed by atoms with van der Waals surface area (Å²) in [5, 5.41) is 7.07. The Morgan fingerprint density at radius 1 is 1.15 bits per heavy atom. The predicted octanol–water partition coefficient (Wildman–Crippen LogP) is 2.61. The lowest BCUT2D eigenvalue weighted by Gasteiger charge is -2.09. The number of rotatable bonds is 11. The van der Waals surface area contributed by atoms with Crippen LogP contribution in [0.2, 0.25) is 0 Å². The Balaban J connectivity index is 1.81. The first-order valence-corrected chi connectivity index (χ1v) is 12.4. The minimum Gasteiger partial charge on any atom is -0.387 e. The number of oxime groups is 1. The van der Waals surface area contributed by atoms with E-state index in [1.807, 2.05) is 6.92 Å². The number of thiazole rings is 1. The molecule has 174 valence electrons. The van der Waals surface area contributed by atoms with Crippen LogP contribution in [-0.4, -0.2) is 54.5 Å². The summed E-state index contributed by atoms with van der Waals surface area (Å²) < 4.78 is 29.9. The number of methoxy groups -OCH3 is 1. The molecule has 0 aliphatic carbocycles. The van der Waals surface area contributed by atoms with Crippen LogP contribution in [0.15, 0.2) is 59.0 Å². The molecule has 0 bridgehead atoms. The van der Waals surface area contributed by atoms with E-state index in [-0.39, 0.29) is 23.0 Å². The fourth-order valence-corrected chi connectivity index (χ4v) is 4.63. The first-order chi connectivity index (χ1) is 15.9. The van der Waals surface area contributed by atoms with Crippen molar-refractivity contribution in [3.63, 3.8) is 0 Å². The van der Waals surface area contributed by atoms with E-state index in [1.54, 1.807) is 24.7 Å². The van der Waals surface area contributed by atoms with Crippen LogP contribution in [0.1, 0.15) is 22.7 Å². The van der Waals surface area contributed by atoms with Gasteiger partial charge in [-0.05, 0) is 31.5 Å². The lowest BCUT2D eigenvalue weighted by molar-refractivity contribution is -0.110. The van der Waals surface area contributed by atoms with Crippen LogP contribution in [-0.2, 0) is 30.8 Å². The Bertz CT molecular complexity index is 1200. The highest BCUT2D eigenvalue weighted by Crippen LogP contribution is 2.18. The van der Waals surface area contributed by atoms with Crippen molar-refractivity contribution in [2.45, 2.75) is 24.8 Å². The molecule has 0 atom stereocenters. The number of carbonyl (C=O) groups excluding carboxylic acids is 1. The third-order valence-electron chi connectivity index (χ3n) is 4.27. The van der Waals surface area contributed by atoms with Crippen LogP contribution >= 0.6 is 11.3 Å². The van der Waals surface area contributed by atoms with Crippen LogP contribution < -0.4 is 5.32 Å². The van der Waals surface area contributed by atoms with Crippen LogP contribution in [0.25, 0.3) is 0 Å². The smallest absolute Gasteiger partial charge is 0.280 e. The van der Waals surface area contributed by atoms with Gasteiger partial charge in [0, 0.05) is 42.7 Å². The van der Waals surface area contributed by atoms with Crippen molar-refractivity contribution in [1.29, 1.82) is 0 Å². The van der Waals surface area contributed by atoms with E-state index in [0.717, 1.165) is 4.88 Å². The molecular formula is C21H23N5O5S2. The lowest BCUT2D eigenvalue weighted by atomic mass is 10.1. The molecule has 3 rings (SSSR count). The van der Waals surface area contributed by atoms with E-state index in [1.165, 1.54) is 42.7 Å². The Kier molecular flexibility index (Phi) is 8.58. The van der Waals surface area contributed by atoms with E-state index < -0.39 is 15.7 Å². The lowest BCUT2D eigenvalue weighted by Crippen LogP contribution is -2.24. The second kappa shape index (κ2) is 11.6. The molecule has 1 N–H and O–H groups in total. The number of benzene rings is 1. The topological polar surface area (TPSA) is 133 Å². The highest BCUT2D eigenvalue weighted by atomic mass is 32.2. The maximum Gasteiger partial charge on any atom is 0.280 e. The predicted molar refractivity (Wildman–Crippen MR) is 124 cm³/mol. The quantitative estimate of drug-likeness (QED) is 0.247. The molecule has 33 heavy (non-hydrogen) atoms. The van der Waals surface area contributed by atoms with E-state index in [9.17, 15) is 13.2 Å². The number of hydrogen-bond acceptors (Lipinski definition) is 10. The normalized spacial score (nSPS) is 11.9. The number of ether oxygens (including phenoxy) is 1. The maximum absolute atomic E-state index is 12.9. The number of hydrogen-bond donors (Lipinski definition) is 1. The standard InChI is InChI=1S/C21H23N5O5S2/c1-15-13-24-21(32-15)25-20(27)19(26-31-14-18-22-9-3-10-23-18)16-5-7-17(8-6-16)33(28,29)12-4-11-30-2/h3,5-10,13H,4,11-12,14H2,1-2H3,(H,24,25,27)/b26-19+. The molecule has 0 saturated heterocycles. The minimum absolute atomic E-state index is 0.0365. The summed E-state index contributed by atoms with van der Waals surface area (Å²) in [6.45, 7) is 2.18. The van der Waals surface area contributed by atoms with Gasteiger partial charge >= 0.3 is 0 Å². The molecule has 0 aliphatic rings. The van der Waals surface area contributed by atoms with Gasteiger partial charge in [-0.3, -0.25) is 10.1 Å². The summed E-state index contributed by atoms with van der Waals surface area (Å²) in [6.07, 6.45) is 5.17. The van der Waals surface area contributed by atoms with Gasteiger partial charge in [0.05, 0.1) is 10.6 Å². The summed E-state index contributed by atoms with van der Waals surface area (Å²) in [4.78, 5) is 31.5. The Hall–Kier alpha value is -3.22. The maximum atomic E-state index is 12.9. The first-order valence-electron chi connectivity index (χ1n) is 9.91. The average Bonchev–Trinajstić information content (AvgIpc) is 3.22. The van der Waals surface area contributed by atoms with Crippen molar-refractivity contribution in [3.05, 3.63) is 65.2 Å². The van der Waals surface area contributed by atoms with Crippen LogP contribution in [0.5, 0.6) is 0 Å². The Morgan fingerprint density at radius 3 is 2.52 bits per heavy atom. The van der Waals surface area contributed by atoms with Crippen molar-refractivity contribution in [3.8, 4) is 0 Å². The van der Waals surface area contributed by atoms with Gasteiger partial charge < -0.3 is 9.57 Å². The van der Waals surface area contributed by atoms with Crippen LogP contribution in [0.4, 0.5) is 5.13 Å². The molecule has 10 nitrogen and oxygen atoms in total. The SMILES string of the molecule is COCCCS(=O)(=O)c1ccc(/C(=N\OCc2ncccn2)C(=O)Nc2ncc(C)s2)cc1. The van der Waals surface area contributed by atoms with Gasteiger partial charge in [0.1, 0.15) is 0 Å². The number of aryl methyl sites for hydroxylation is 1. The molecule has 0 saturated carbocycles. The molecule has 2 heterocycles. The monoisotopic (exact) mass is 489 g/mol. The van der Waals surface area contributed by atoms with Crippen molar-refractivity contribution in [2.24, 2.45) is 5.16 Å². The summed E-state index contributed by atoms with van der Waals surface area (Å²) >= 11 is 1.32. The van der Waals surface area contributed by atoms with Gasteiger partial charge in [-0.25, -0.2) is 23.4 Å². The van der Waals surface area contributed by atoms with Gasteiger partial charge in [0.2, 0.25) is 0 Å². The summed E-state index contributed by atoms with van der Waals surface area (Å²) in [5.41, 5.74) is 0.340. The fraction of sp³-hybridized carbons (Fsp3) is 0.286. The Labute approximate surface area is 195 Å². The number of anilines is 1. The van der Waals surface area contributed by atoms with E-state index in [4.69, 9.17) is 9.57 Å². The number of nitrogens with one attached hydrogen (secondary N) is 1. The molecule has 0 fully saturated rings. The molecule has 0 radical (unpaired) electrons. The molecule has 0 aliphatic heterocycles. The van der Waals surface area contributed by atoms with Gasteiger partial charge in [-0.15, -0.1) is 11.3 Å². The average molecular weight is 490 g/mol. The van der Waals surface area contributed by atoms with Crippen LogP contribution in [0, 0.1) is 6.92 Å². The minimum atomic E-state index is -3.47. The highest BCUT2D eigenvalue weighted by Gasteiger charge is 2.19. The fourth-order valence-electron chi connectivity index (χ4n) is 2.68. The van der Waals surface area contributed by atoms with Gasteiger partial charge in [0.25, 0.3) is 5.91 Å². The van der Waals surface area contributed by atoms with Gasteiger partial charge in [0.15, 0.2) is 33.1 Å². The third kappa shape index (κ3) is 7.14. The number of aromatic nitrogens is 3. The van der Waals surface area contributed by atoms with Gasteiger partial charge in [-0.2, -0.15) is 0 Å². The highest BCUT2D eigenvalue weighted by molar-refractivity contribution is 7.91. The van der Waals surface area contributed by atoms with Crippen molar-refractivity contribution in [2.75, 3.05) is 24.8 Å². The van der Waals surface area contributed by atoms with Crippen molar-refractivity contribution < 1.29 is 22.8 Å². The third-order valence-corrected chi connectivity index (χ3v) is 6.92. The Morgan fingerprint density at radius 2 is 1.88 bits per heavy atom. The largest absolute Gasteiger partial charge is 0.387 e. The van der Waals surface area contributed by atoms with E-state index >= 15 is 0 Å². The van der Waals surface area contributed by atoms with E-state index in [2.05, 4.69) is 25.4 Å². The van der Waals surface area contributed by atoms with Crippen molar-refractivity contribution in [1.82, 2.24) is 15.0 Å².